The van der Waals surface area contributed by atoms with Crippen LogP contribution in [-0.2, 0) is 4.79 Å². The Hall–Kier alpha value is -2.13. The molecule has 1 aliphatic heterocycles. The second-order valence-electron chi connectivity index (χ2n) is 7.93. The Balaban J connectivity index is 1.45. The fourth-order valence-corrected chi connectivity index (χ4v) is 4.41. The van der Waals surface area contributed by atoms with Gasteiger partial charge in [0.1, 0.15) is 0 Å². The van der Waals surface area contributed by atoms with Crippen molar-refractivity contribution in [1.29, 1.82) is 0 Å². The van der Waals surface area contributed by atoms with Crippen LogP contribution < -0.4 is 0 Å². The van der Waals surface area contributed by atoms with Gasteiger partial charge in [0.25, 0.3) is 0 Å². The van der Waals surface area contributed by atoms with Crippen molar-refractivity contribution in [2.75, 3.05) is 26.2 Å². The van der Waals surface area contributed by atoms with Crippen LogP contribution >= 0.6 is 0 Å². The molecule has 142 valence electrons. The normalized spacial score (nSPS) is 18.9. The van der Waals surface area contributed by atoms with Crippen LogP contribution in [-0.4, -0.2) is 47.9 Å². The fourth-order valence-electron chi connectivity index (χ4n) is 4.41. The predicted octanol–water partition coefficient (Wildman–Crippen LogP) is 4.30. The molecule has 3 nitrogen and oxygen atoms in total. The second-order valence-corrected chi connectivity index (χ2v) is 7.93. The van der Waals surface area contributed by atoms with Gasteiger partial charge in [-0.2, -0.15) is 0 Å². The van der Waals surface area contributed by atoms with Crippen LogP contribution in [0.3, 0.4) is 0 Å². The first-order chi connectivity index (χ1) is 13.3. The van der Waals surface area contributed by atoms with Crippen molar-refractivity contribution in [2.24, 2.45) is 0 Å². The maximum absolute atomic E-state index is 13.2. The highest BCUT2D eigenvalue weighted by molar-refractivity contribution is 5.78. The first-order valence-electron chi connectivity index (χ1n) is 10.4. The van der Waals surface area contributed by atoms with E-state index in [-0.39, 0.29) is 5.92 Å². The lowest BCUT2D eigenvalue weighted by atomic mass is 9.88. The van der Waals surface area contributed by atoms with E-state index in [0.29, 0.717) is 12.3 Å². The molecule has 0 radical (unpaired) electrons. The molecule has 2 aromatic carbocycles. The third kappa shape index (κ3) is 4.41. The third-order valence-corrected chi connectivity index (χ3v) is 6.26. The maximum Gasteiger partial charge on any atom is 0.223 e. The van der Waals surface area contributed by atoms with Crippen molar-refractivity contribution in [3.8, 4) is 0 Å². The van der Waals surface area contributed by atoms with Crippen LogP contribution in [0.15, 0.2) is 60.7 Å². The molecule has 1 aliphatic carbocycles. The van der Waals surface area contributed by atoms with Crippen molar-refractivity contribution in [1.82, 2.24) is 9.80 Å². The first kappa shape index (κ1) is 18.2. The Bertz CT molecular complexity index is 687. The molecule has 2 aliphatic rings. The van der Waals surface area contributed by atoms with E-state index in [4.69, 9.17) is 0 Å². The van der Waals surface area contributed by atoms with Gasteiger partial charge < -0.3 is 4.90 Å². The zero-order valence-corrected chi connectivity index (χ0v) is 16.1. The van der Waals surface area contributed by atoms with E-state index in [9.17, 15) is 4.79 Å². The van der Waals surface area contributed by atoms with E-state index >= 15 is 0 Å². The number of carbonyl (C=O) groups is 1. The number of carbonyl (C=O) groups excluding carboxylic acids is 1. The van der Waals surface area contributed by atoms with Crippen molar-refractivity contribution < 1.29 is 4.79 Å². The Morgan fingerprint density at radius 1 is 0.815 bits per heavy atom. The van der Waals surface area contributed by atoms with E-state index in [0.717, 1.165) is 38.6 Å². The Labute approximate surface area is 163 Å². The molecule has 1 heterocycles. The van der Waals surface area contributed by atoms with Crippen LogP contribution in [0.5, 0.6) is 0 Å². The minimum atomic E-state index is 0.130. The molecule has 0 spiro atoms. The number of amides is 1. The lowest BCUT2D eigenvalue weighted by Crippen LogP contribution is -2.42. The van der Waals surface area contributed by atoms with Crippen LogP contribution in [0.2, 0.25) is 0 Å². The van der Waals surface area contributed by atoms with E-state index in [1.807, 2.05) is 12.1 Å². The number of hydrogen-bond donors (Lipinski definition) is 0. The first-order valence-corrected chi connectivity index (χ1v) is 10.4. The molecule has 27 heavy (non-hydrogen) atoms. The summed E-state index contributed by atoms with van der Waals surface area (Å²) in [4.78, 5) is 17.9. The molecule has 0 bridgehead atoms. The maximum atomic E-state index is 13.2. The van der Waals surface area contributed by atoms with Crippen LogP contribution in [0.25, 0.3) is 0 Å². The zero-order chi connectivity index (χ0) is 18.5. The summed E-state index contributed by atoms with van der Waals surface area (Å²) in [5.41, 5.74) is 2.45. The zero-order valence-electron chi connectivity index (χ0n) is 16.1. The Kier molecular flexibility index (Phi) is 5.88. The SMILES string of the molecule is O=C(CC(c1ccccc1)c1ccccc1)N1CCCN(C2CCC2)CC1. The van der Waals surface area contributed by atoms with Gasteiger partial charge in [0.05, 0.1) is 0 Å². The summed E-state index contributed by atoms with van der Waals surface area (Å²) in [6, 6.07) is 21.7. The second kappa shape index (κ2) is 8.71. The number of nitrogens with zero attached hydrogens (tertiary/aromatic N) is 2. The molecule has 2 aromatic rings. The molecule has 3 heteroatoms. The molecule has 0 atom stereocenters. The summed E-state index contributed by atoms with van der Waals surface area (Å²) in [6.07, 6.45) is 5.72. The number of rotatable bonds is 5. The van der Waals surface area contributed by atoms with Crippen LogP contribution in [0, 0.1) is 0 Å². The Morgan fingerprint density at radius 2 is 1.44 bits per heavy atom. The average molecular weight is 363 g/mol. The topological polar surface area (TPSA) is 23.6 Å². The van der Waals surface area contributed by atoms with E-state index in [2.05, 4.69) is 58.3 Å². The van der Waals surface area contributed by atoms with Gasteiger partial charge in [0, 0.05) is 44.6 Å². The van der Waals surface area contributed by atoms with Gasteiger partial charge in [-0.25, -0.2) is 0 Å². The summed E-state index contributed by atoms with van der Waals surface area (Å²) >= 11 is 0. The van der Waals surface area contributed by atoms with Gasteiger partial charge in [-0.15, -0.1) is 0 Å². The van der Waals surface area contributed by atoms with Crippen LogP contribution in [0.4, 0.5) is 0 Å². The summed E-state index contributed by atoms with van der Waals surface area (Å²) in [6.45, 7) is 3.97. The third-order valence-electron chi connectivity index (χ3n) is 6.26. The van der Waals surface area contributed by atoms with E-state index in [1.54, 1.807) is 0 Å². The van der Waals surface area contributed by atoms with Crippen molar-refractivity contribution in [3.05, 3.63) is 71.8 Å². The molecule has 1 amide bonds. The molecule has 2 fully saturated rings. The van der Waals surface area contributed by atoms with Crippen molar-refractivity contribution in [2.45, 2.75) is 44.1 Å². The Morgan fingerprint density at radius 3 is 2.00 bits per heavy atom. The number of hydrogen-bond acceptors (Lipinski definition) is 2. The van der Waals surface area contributed by atoms with Gasteiger partial charge in [-0.3, -0.25) is 9.69 Å². The minimum Gasteiger partial charge on any atom is -0.341 e. The summed E-state index contributed by atoms with van der Waals surface area (Å²) in [7, 11) is 0. The molecule has 0 unspecified atom stereocenters. The van der Waals surface area contributed by atoms with Gasteiger partial charge in [0.2, 0.25) is 5.91 Å². The van der Waals surface area contributed by atoms with Gasteiger partial charge in [-0.1, -0.05) is 67.1 Å². The van der Waals surface area contributed by atoms with E-state index < -0.39 is 0 Å². The van der Waals surface area contributed by atoms with Gasteiger partial charge in [0.15, 0.2) is 0 Å². The van der Waals surface area contributed by atoms with E-state index in [1.165, 1.54) is 30.4 Å². The summed E-state index contributed by atoms with van der Waals surface area (Å²) in [5.74, 6) is 0.425. The highest BCUT2D eigenvalue weighted by atomic mass is 16.2. The molecule has 1 saturated heterocycles. The highest BCUT2D eigenvalue weighted by Crippen LogP contribution is 2.29. The van der Waals surface area contributed by atoms with Crippen molar-refractivity contribution >= 4 is 5.91 Å². The van der Waals surface area contributed by atoms with Crippen LogP contribution in [0.1, 0.15) is 49.1 Å². The van der Waals surface area contributed by atoms with Gasteiger partial charge >= 0.3 is 0 Å². The van der Waals surface area contributed by atoms with Gasteiger partial charge in [-0.05, 0) is 30.4 Å². The summed E-state index contributed by atoms with van der Waals surface area (Å²) < 4.78 is 0. The molecule has 0 N–H and O–H groups in total. The molecular formula is C24H30N2O. The van der Waals surface area contributed by atoms with Crippen molar-refractivity contribution in [3.63, 3.8) is 0 Å². The molecule has 4 rings (SSSR count). The quantitative estimate of drug-likeness (QED) is 0.792. The standard InChI is InChI=1S/C24H30N2O/c27-24(26-16-8-15-25(17-18-26)22-13-7-14-22)19-23(20-9-3-1-4-10-20)21-11-5-2-6-12-21/h1-6,9-12,22-23H,7-8,13-19H2. The summed E-state index contributed by atoms with van der Waals surface area (Å²) in [5, 5.41) is 0. The fraction of sp³-hybridized carbons (Fsp3) is 0.458. The predicted molar refractivity (Wildman–Crippen MR) is 110 cm³/mol. The highest BCUT2D eigenvalue weighted by Gasteiger charge is 2.28. The lowest BCUT2D eigenvalue weighted by Gasteiger charge is -2.36. The monoisotopic (exact) mass is 362 g/mol. The average Bonchev–Trinajstić information content (AvgIpc) is 2.92. The molecule has 1 saturated carbocycles. The smallest absolute Gasteiger partial charge is 0.223 e. The molecule has 0 aromatic heterocycles. The lowest BCUT2D eigenvalue weighted by molar-refractivity contribution is -0.131. The largest absolute Gasteiger partial charge is 0.341 e. The number of benzene rings is 2. The minimum absolute atomic E-state index is 0.130. The molecular weight excluding hydrogens is 332 g/mol.